The van der Waals surface area contributed by atoms with E-state index in [0.717, 1.165) is 0 Å². The molecule has 0 aliphatic carbocycles. The van der Waals surface area contributed by atoms with E-state index in [1.54, 1.807) is 12.1 Å². The quantitative estimate of drug-likeness (QED) is 0.746. The van der Waals surface area contributed by atoms with Crippen LogP contribution < -0.4 is 0 Å². The van der Waals surface area contributed by atoms with E-state index in [1.807, 2.05) is 6.92 Å². The minimum atomic E-state index is -1.12. The summed E-state index contributed by atoms with van der Waals surface area (Å²) in [6.07, 6.45) is 0.651. The maximum absolute atomic E-state index is 13.5. The Morgan fingerprint density at radius 2 is 1.78 bits per heavy atom. The number of halogens is 4. The van der Waals surface area contributed by atoms with Crippen molar-refractivity contribution in [2.24, 2.45) is 0 Å². The summed E-state index contributed by atoms with van der Waals surface area (Å²) >= 11 is 5.97. The van der Waals surface area contributed by atoms with Crippen molar-refractivity contribution in [3.63, 3.8) is 0 Å². The van der Waals surface area contributed by atoms with E-state index < -0.39 is 28.4 Å². The molecule has 1 nitrogen and oxygen atoms in total. The molecule has 96 valence electrons. The third-order valence-electron chi connectivity index (χ3n) is 2.58. The molecule has 0 aliphatic heterocycles. The second-order valence-corrected chi connectivity index (χ2v) is 4.24. The van der Waals surface area contributed by atoms with E-state index in [4.69, 9.17) is 16.0 Å². The van der Waals surface area contributed by atoms with Crippen molar-refractivity contribution in [2.45, 2.75) is 18.7 Å². The minimum Gasteiger partial charge on any atom is -0.464 e. The molecule has 0 N–H and O–H groups in total. The molecule has 0 aliphatic rings. The topological polar surface area (TPSA) is 13.1 Å². The van der Waals surface area contributed by atoms with Crippen LogP contribution in [-0.2, 0) is 6.42 Å². The summed E-state index contributed by atoms with van der Waals surface area (Å²) in [4.78, 5) is 0. The molecule has 0 saturated heterocycles. The monoisotopic (exact) mass is 274 g/mol. The third-order valence-corrected chi connectivity index (χ3v) is 3.01. The highest BCUT2D eigenvalue weighted by Gasteiger charge is 2.23. The highest BCUT2D eigenvalue weighted by Crippen LogP contribution is 2.34. The molecule has 2 aromatic rings. The lowest BCUT2D eigenvalue weighted by atomic mass is 10.1. The van der Waals surface area contributed by atoms with Gasteiger partial charge in [-0.2, -0.15) is 0 Å². The average Bonchev–Trinajstić information content (AvgIpc) is 2.75. The Morgan fingerprint density at radius 3 is 2.28 bits per heavy atom. The molecular weight excluding hydrogens is 265 g/mol. The Balaban J connectivity index is 2.42. The van der Waals surface area contributed by atoms with Crippen LogP contribution in [0, 0.1) is 17.5 Å². The molecule has 1 unspecified atom stereocenters. The van der Waals surface area contributed by atoms with Crippen molar-refractivity contribution in [1.29, 1.82) is 0 Å². The first kappa shape index (κ1) is 13.0. The van der Waals surface area contributed by atoms with Crippen molar-refractivity contribution >= 4 is 11.6 Å². The molecule has 18 heavy (non-hydrogen) atoms. The summed E-state index contributed by atoms with van der Waals surface area (Å²) in [6.45, 7) is 1.88. The molecule has 0 amide bonds. The summed E-state index contributed by atoms with van der Waals surface area (Å²) in [5, 5.41) is -1.12. The lowest BCUT2D eigenvalue weighted by Crippen LogP contribution is -2.01. The fraction of sp³-hybridized carbons (Fsp3) is 0.231. The van der Waals surface area contributed by atoms with Crippen LogP contribution in [0.15, 0.2) is 28.7 Å². The van der Waals surface area contributed by atoms with Crippen molar-refractivity contribution in [3.8, 4) is 0 Å². The minimum absolute atomic E-state index is 0.234. The van der Waals surface area contributed by atoms with Crippen LogP contribution in [0.1, 0.15) is 29.4 Å². The lowest BCUT2D eigenvalue weighted by Gasteiger charge is -2.09. The predicted molar refractivity (Wildman–Crippen MR) is 62.1 cm³/mol. The fourth-order valence-electron chi connectivity index (χ4n) is 1.66. The molecule has 1 heterocycles. The Hall–Kier alpha value is -1.42. The first-order chi connectivity index (χ1) is 8.52. The van der Waals surface area contributed by atoms with Gasteiger partial charge in [0.05, 0.1) is 0 Å². The van der Waals surface area contributed by atoms with Crippen LogP contribution >= 0.6 is 11.6 Å². The second kappa shape index (κ2) is 5.06. The van der Waals surface area contributed by atoms with Gasteiger partial charge in [0.2, 0.25) is 0 Å². The molecule has 0 spiro atoms. The molecule has 1 aromatic carbocycles. The maximum atomic E-state index is 13.5. The number of benzene rings is 1. The first-order valence-corrected chi connectivity index (χ1v) is 5.83. The number of aryl methyl sites for hydroxylation is 1. The summed E-state index contributed by atoms with van der Waals surface area (Å²) in [5.74, 6) is -2.13. The van der Waals surface area contributed by atoms with Gasteiger partial charge in [-0.15, -0.1) is 11.6 Å². The van der Waals surface area contributed by atoms with Crippen molar-refractivity contribution < 1.29 is 17.6 Å². The summed E-state index contributed by atoms with van der Waals surface area (Å²) < 4.78 is 45.2. The van der Waals surface area contributed by atoms with E-state index in [2.05, 4.69) is 0 Å². The Morgan fingerprint density at radius 1 is 1.17 bits per heavy atom. The number of hydrogen-bond donors (Lipinski definition) is 0. The number of rotatable bonds is 3. The molecule has 0 bridgehead atoms. The number of hydrogen-bond acceptors (Lipinski definition) is 1. The summed E-state index contributed by atoms with van der Waals surface area (Å²) in [7, 11) is 0. The van der Waals surface area contributed by atoms with E-state index >= 15 is 0 Å². The summed E-state index contributed by atoms with van der Waals surface area (Å²) in [5.41, 5.74) is -0.407. The summed E-state index contributed by atoms with van der Waals surface area (Å²) in [6, 6.07) is 4.43. The van der Waals surface area contributed by atoms with Crippen molar-refractivity contribution in [2.75, 3.05) is 0 Å². The van der Waals surface area contributed by atoms with Crippen LogP contribution in [0.2, 0.25) is 0 Å². The SMILES string of the molecule is CCc1ccc(C(Cl)c2c(F)cc(F)cc2F)o1. The van der Waals surface area contributed by atoms with Gasteiger partial charge in [-0.3, -0.25) is 0 Å². The highest BCUT2D eigenvalue weighted by atomic mass is 35.5. The number of furan rings is 1. The lowest BCUT2D eigenvalue weighted by molar-refractivity contribution is 0.461. The number of alkyl halides is 1. The van der Waals surface area contributed by atoms with Crippen LogP contribution in [0.4, 0.5) is 13.2 Å². The van der Waals surface area contributed by atoms with E-state index in [9.17, 15) is 13.2 Å². The molecule has 2 rings (SSSR count). The van der Waals surface area contributed by atoms with Gasteiger partial charge in [0.25, 0.3) is 0 Å². The first-order valence-electron chi connectivity index (χ1n) is 5.40. The zero-order valence-electron chi connectivity index (χ0n) is 9.51. The Kier molecular flexibility index (Phi) is 3.66. The van der Waals surface area contributed by atoms with Gasteiger partial charge in [0.1, 0.15) is 34.3 Å². The molecule has 1 atom stereocenters. The van der Waals surface area contributed by atoms with Gasteiger partial charge in [0.15, 0.2) is 0 Å². The van der Waals surface area contributed by atoms with Crippen LogP contribution in [0.3, 0.4) is 0 Å². The van der Waals surface area contributed by atoms with E-state index in [1.165, 1.54) is 0 Å². The third kappa shape index (κ3) is 2.38. The predicted octanol–water partition coefficient (Wildman–Crippen LogP) is 4.59. The van der Waals surface area contributed by atoms with Crippen LogP contribution in [0.25, 0.3) is 0 Å². The van der Waals surface area contributed by atoms with Gasteiger partial charge >= 0.3 is 0 Å². The maximum Gasteiger partial charge on any atom is 0.134 e. The Bertz CT molecular complexity index is 542. The van der Waals surface area contributed by atoms with Gasteiger partial charge < -0.3 is 4.42 Å². The van der Waals surface area contributed by atoms with Gasteiger partial charge in [0, 0.05) is 24.1 Å². The molecule has 0 radical (unpaired) electrons. The average molecular weight is 275 g/mol. The van der Waals surface area contributed by atoms with Gasteiger partial charge in [-0.1, -0.05) is 6.92 Å². The fourth-order valence-corrected chi connectivity index (χ4v) is 1.98. The molecule has 0 saturated carbocycles. The molecule has 0 fully saturated rings. The van der Waals surface area contributed by atoms with Gasteiger partial charge in [-0.05, 0) is 12.1 Å². The molecule has 1 aromatic heterocycles. The van der Waals surface area contributed by atoms with Crippen LogP contribution in [0.5, 0.6) is 0 Å². The van der Waals surface area contributed by atoms with Crippen LogP contribution in [-0.4, -0.2) is 0 Å². The van der Waals surface area contributed by atoms with Gasteiger partial charge in [-0.25, -0.2) is 13.2 Å². The largest absolute Gasteiger partial charge is 0.464 e. The van der Waals surface area contributed by atoms with Crippen molar-refractivity contribution in [1.82, 2.24) is 0 Å². The Labute approximate surface area is 107 Å². The highest BCUT2D eigenvalue weighted by molar-refractivity contribution is 6.22. The zero-order valence-corrected chi connectivity index (χ0v) is 10.3. The van der Waals surface area contributed by atoms with E-state index in [0.29, 0.717) is 24.3 Å². The smallest absolute Gasteiger partial charge is 0.134 e. The molecule has 5 heteroatoms. The molecular formula is C13H10ClF3O. The normalized spacial score (nSPS) is 12.7. The van der Waals surface area contributed by atoms with E-state index in [-0.39, 0.29) is 5.76 Å². The van der Waals surface area contributed by atoms with Crippen molar-refractivity contribution in [3.05, 3.63) is 58.8 Å². The standard InChI is InChI=1S/C13H10ClF3O/c1-2-8-3-4-11(18-8)13(14)12-9(16)5-7(15)6-10(12)17/h3-6,13H,2H2,1H3. The second-order valence-electron chi connectivity index (χ2n) is 3.80. The zero-order chi connectivity index (χ0) is 13.3.